The van der Waals surface area contributed by atoms with E-state index in [0.717, 1.165) is 17.9 Å². The minimum absolute atomic E-state index is 0.621. The summed E-state index contributed by atoms with van der Waals surface area (Å²) in [4.78, 5) is 2.76. The first-order chi connectivity index (χ1) is 10.1. The molecule has 0 aromatic carbocycles. The summed E-state index contributed by atoms with van der Waals surface area (Å²) in [6, 6.07) is 0.762. The number of hydrogen-bond acceptors (Lipinski definition) is 2. The molecular formula is C19H38N2. The molecule has 0 bridgehead atoms. The van der Waals surface area contributed by atoms with E-state index in [1.165, 1.54) is 71.0 Å². The summed E-state index contributed by atoms with van der Waals surface area (Å²) >= 11 is 0. The largest absolute Gasteiger partial charge is 0.317 e. The van der Waals surface area contributed by atoms with E-state index in [1.807, 2.05) is 0 Å². The Morgan fingerprint density at radius 3 is 2.43 bits per heavy atom. The average molecular weight is 295 g/mol. The van der Waals surface area contributed by atoms with Crippen molar-refractivity contribution in [3.8, 4) is 0 Å². The van der Waals surface area contributed by atoms with Gasteiger partial charge in [0, 0.05) is 12.6 Å². The van der Waals surface area contributed by atoms with E-state index >= 15 is 0 Å². The van der Waals surface area contributed by atoms with Crippen LogP contribution >= 0.6 is 0 Å². The Bertz CT molecular complexity index is 294. The summed E-state index contributed by atoms with van der Waals surface area (Å²) in [5.41, 5.74) is 0.621. The number of nitrogens with one attached hydrogen (secondary N) is 1. The molecule has 0 amide bonds. The Labute approximate surface area is 133 Å². The fraction of sp³-hybridized carbons (Fsp3) is 1.00. The maximum Gasteiger partial charge on any atom is 0.0105 e. The Hall–Kier alpha value is -0.0800. The molecule has 124 valence electrons. The molecule has 2 heteroatoms. The minimum atomic E-state index is 0.621. The number of piperidine rings is 1. The van der Waals surface area contributed by atoms with E-state index in [2.05, 4.69) is 38.0 Å². The molecule has 1 aliphatic heterocycles. The molecule has 1 saturated carbocycles. The fourth-order valence-electron chi connectivity index (χ4n) is 4.57. The van der Waals surface area contributed by atoms with Crippen molar-refractivity contribution in [3.05, 3.63) is 0 Å². The van der Waals surface area contributed by atoms with E-state index in [-0.39, 0.29) is 0 Å². The zero-order valence-electron chi connectivity index (χ0n) is 15.0. The van der Waals surface area contributed by atoms with Gasteiger partial charge < -0.3 is 10.2 Å². The molecule has 0 radical (unpaired) electrons. The van der Waals surface area contributed by atoms with Gasteiger partial charge in [0.15, 0.2) is 0 Å². The molecule has 1 N–H and O–H groups in total. The molecule has 2 fully saturated rings. The van der Waals surface area contributed by atoms with Gasteiger partial charge >= 0.3 is 0 Å². The molecule has 2 nitrogen and oxygen atoms in total. The van der Waals surface area contributed by atoms with Crippen LogP contribution in [-0.4, -0.2) is 37.6 Å². The van der Waals surface area contributed by atoms with Gasteiger partial charge in [0.25, 0.3) is 0 Å². The Morgan fingerprint density at radius 2 is 1.86 bits per heavy atom. The van der Waals surface area contributed by atoms with Crippen molar-refractivity contribution in [1.29, 1.82) is 0 Å². The third kappa shape index (κ3) is 4.69. The quantitative estimate of drug-likeness (QED) is 0.785. The SMILES string of the molecule is CCCC1CCC(NC)C(CN2CCC(C)(CC)CC2)C1. The standard InChI is InChI=1S/C19H38N2/c1-5-7-16-8-9-18(20-4)17(14-16)15-21-12-10-19(3,6-2)11-13-21/h16-18,20H,5-15H2,1-4H3. The third-order valence-corrected chi connectivity index (χ3v) is 6.57. The molecule has 21 heavy (non-hydrogen) atoms. The van der Waals surface area contributed by atoms with Gasteiger partial charge in [-0.2, -0.15) is 0 Å². The molecule has 3 unspecified atom stereocenters. The molecular weight excluding hydrogens is 256 g/mol. The van der Waals surface area contributed by atoms with Gasteiger partial charge in [0.1, 0.15) is 0 Å². The lowest BCUT2D eigenvalue weighted by Gasteiger charge is -2.43. The fourth-order valence-corrected chi connectivity index (χ4v) is 4.57. The molecule has 1 heterocycles. The van der Waals surface area contributed by atoms with E-state index in [1.54, 1.807) is 0 Å². The highest BCUT2D eigenvalue weighted by Crippen LogP contribution is 2.36. The molecule has 2 aliphatic rings. The molecule has 3 atom stereocenters. The smallest absolute Gasteiger partial charge is 0.0105 e. The van der Waals surface area contributed by atoms with E-state index in [9.17, 15) is 0 Å². The first-order valence-electron chi connectivity index (χ1n) is 9.50. The summed E-state index contributed by atoms with van der Waals surface area (Å²) in [5.74, 6) is 1.88. The summed E-state index contributed by atoms with van der Waals surface area (Å²) < 4.78 is 0. The van der Waals surface area contributed by atoms with Gasteiger partial charge in [-0.15, -0.1) is 0 Å². The second kappa shape index (κ2) is 7.97. The van der Waals surface area contributed by atoms with Crippen LogP contribution in [0.1, 0.15) is 72.1 Å². The van der Waals surface area contributed by atoms with E-state index in [4.69, 9.17) is 0 Å². The van der Waals surface area contributed by atoms with Crippen molar-refractivity contribution in [3.63, 3.8) is 0 Å². The molecule has 0 aromatic heterocycles. The Balaban J connectivity index is 1.84. The third-order valence-electron chi connectivity index (χ3n) is 6.57. The highest BCUT2D eigenvalue weighted by Gasteiger charge is 2.33. The van der Waals surface area contributed by atoms with Gasteiger partial charge in [-0.25, -0.2) is 0 Å². The normalized spacial score (nSPS) is 34.0. The zero-order chi connectivity index (χ0) is 15.3. The Kier molecular flexibility index (Phi) is 6.55. The number of nitrogens with zero attached hydrogens (tertiary/aromatic N) is 1. The topological polar surface area (TPSA) is 15.3 Å². The van der Waals surface area contributed by atoms with Gasteiger partial charge in [-0.1, -0.05) is 40.0 Å². The lowest BCUT2D eigenvalue weighted by atomic mass is 9.75. The van der Waals surface area contributed by atoms with Crippen LogP contribution in [-0.2, 0) is 0 Å². The molecule has 1 saturated heterocycles. The van der Waals surface area contributed by atoms with Crippen LogP contribution in [0.2, 0.25) is 0 Å². The number of hydrogen-bond donors (Lipinski definition) is 1. The van der Waals surface area contributed by atoms with E-state index < -0.39 is 0 Å². The van der Waals surface area contributed by atoms with Crippen LogP contribution in [0.5, 0.6) is 0 Å². The average Bonchev–Trinajstić information content (AvgIpc) is 2.50. The molecule has 0 spiro atoms. The van der Waals surface area contributed by atoms with Crippen molar-refractivity contribution < 1.29 is 0 Å². The van der Waals surface area contributed by atoms with E-state index in [0.29, 0.717) is 5.41 Å². The first-order valence-corrected chi connectivity index (χ1v) is 9.50. The summed E-state index contributed by atoms with van der Waals surface area (Å²) in [6.07, 6.45) is 11.3. The minimum Gasteiger partial charge on any atom is -0.317 e. The first kappa shape index (κ1) is 17.3. The second-order valence-corrected chi connectivity index (χ2v) is 8.09. The van der Waals surface area contributed by atoms with Crippen LogP contribution in [0, 0.1) is 17.3 Å². The van der Waals surface area contributed by atoms with Gasteiger partial charge in [0.2, 0.25) is 0 Å². The summed E-state index contributed by atoms with van der Waals surface area (Å²) in [5, 5.41) is 3.61. The lowest BCUT2D eigenvalue weighted by Crippen LogP contribution is -2.47. The Morgan fingerprint density at radius 1 is 1.14 bits per heavy atom. The van der Waals surface area contributed by atoms with Crippen LogP contribution in [0.4, 0.5) is 0 Å². The van der Waals surface area contributed by atoms with Gasteiger partial charge in [-0.3, -0.25) is 0 Å². The highest BCUT2D eigenvalue weighted by molar-refractivity contribution is 4.88. The highest BCUT2D eigenvalue weighted by atomic mass is 15.1. The maximum absolute atomic E-state index is 3.61. The van der Waals surface area contributed by atoms with Crippen LogP contribution < -0.4 is 5.32 Å². The summed E-state index contributed by atoms with van der Waals surface area (Å²) in [6.45, 7) is 11.2. The van der Waals surface area contributed by atoms with Gasteiger partial charge in [-0.05, 0) is 69.5 Å². The molecule has 2 rings (SSSR count). The van der Waals surface area contributed by atoms with Crippen molar-refractivity contribution in [2.24, 2.45) is 17.3 Å². The van der Waals surface area contributed by atoms with Crippen LogP contribution in [0.3, 0.4) is 0 Å². The van der Waals surface area contributed by atoms with Crippen molar-refractivity contribution in [1.82, 2.24) is 10.2 Å². The van der Waals surface area contributed by atoms with Crippen LogP contribution in [0.25, 0.3) is 0 Å². The molecule has 0 aromatic rings. The lowest BCUT2D eigenvalue weighted by molar-refractivity contribution is 0.0774. The number of likely N-dealkylation sites (tertiary alicyclic amines) is 1. The van der Waals surface area contributed by atoms with Crippen molar-refractivity contribution in [2.75, 3.05) is 26.7 Å². The predicted octanol–water partition coefficient (Wildman–Crippen LogP) is 4.30. The maximum atomic E-state index is 3.61. The van der Waals surface area contributed by atoms with Crippen molar-refractivity contribution in [2.45, 2.75) is 78.2 Å². The zero-order valence-corrected chi connectivity index (χ0v) is 15.0. The summed E-state index contributed by atoms with van der Waals surface area (Å²) in [7, 11) is 2.17. The predicted molar refractivity (Wildman–Crippen MR) is 92.7 cm³/mol. The van der Waals surface area contributed by atoms with Crippen LogP contribution in [0.15, 0.2) is 0 Å². The molecule has 1 aliphatic carbocycles. The van der Waals surface area contributed by atoms with Crippen molar-refractivity contribution >= 4 is 0 Å². The van der Waals surface area contributed by atoms with Gasteiger partial charge in [0.05, 0.1) is 0 Å². The second-order valence-electron chi connectivity index (χ2n) is 8.09. The number of rotatable bonds is 6. The monoisotopic (exact) mass is 294 g/mol.